The van der Waals surface area contributed by atoms with Gasteiger partial charge in [-0.15, -0.1) is 0 Å². The van der Waals surface area contributed by atoms with Gasteiger partial charge in [-0.25, -0.2) is 4.39 Å². The highest BCUT2D eigenvalue weighted by atomic mass is 19.1. The second kappa shape index (κ2) is 3.70. The first-order valence-corrected chi connectivity index (χ1v) is 5.13. The fraction of sp³-hybridized carbons (Fsp3) is 0.500. The van der Waals surface area contributed by atoms with Crippen LogP contribution in [0, 0.1) is 18.7 Å². The van der Waals surface area contributed by atoms with E-state index in [4.69, 9.17) is 0 Å². The highest BCUT2D eigenvalue weighted by molar-refractivity contribution is 5.34. The van der Waals surface area contributed by atoms with Crippen LogP contribution < -0.4 is 5.32 Å². The second-order valence-corrected chi connectivity index (χ2v) is 4.11. The Morgan fingerprint density at radius 1 is 1.50 bits per heavy atom. The highest BCUT2D eigenvalue weighted by Crippen LogP contribution is 2.48. The van der Waals surface area contributed by atoms with Gasteiger partial charge in [0.05, 0.1) is 0 Å². The molecule has 0 bridgehead atoms. The minimum absolute atomic E-state index is 0.0717. The average molecular weight is 193 g/mol. The average Bonchev–Trinajstić information content (AvgIpc) is 2.90. The lowest BCUT2D eigenvalue weighted by Crippen LogP contribution is -2.10. The van der Waals surface area contributed by atoms with Gasteiger partial charge >= 0.3 is 0 Å². The molecule has 1 N–H and O–H groups in total. The fourth-order valence-corrected chi connectivity index (χ4v) is 2.14. The Balaban J connectivity index is 2.15. The Labute approximate surface area is 84.3 Å². The lowest BCUT2D eigenvalue weighted by Gasteiger charge is -2.05. The van der Waals surface area contributed by atoms with E-state index in [9.17, 15) is 4.39 Å². The Kier molecular flexibility index (Phi) is 2.55. The third-order valence-corrected chi connectivity index (χ3v) is 3.10. The van der Waals surface area contributed by atoms with Crippen molar-refractivity contribution in [3.05, 3.63) is 35.1 Å². The zero-order chi connectivity index (χ0) is 10.1. The van der Waals surface area contributed by atoms with Crippen molar-refractivity contribution < 1.29 is 4.39 Å². The van der Waals surface area contributed by atoms with Crippen LogP contribution in [0.15, 0.2) is 18.2 Å². The van der Waals surface area contributed by atoms with Crippen LogP contribution in [0.25, 0.3) is 0 Å². The van der Waals surface area contributed by atoms with E-state index < -0.39 is 0 Å². The molecule has 0 spiro atoms. The quantitative estimate of drug-likeness (QED) is 0.777. The van der Waals surface area contributed by atoms with Crippen molar-refractivity contribution in [3.8, 4) is 0 Å². The minimum atomic E-state index is -0.0717. The predicted octanol–water partition coefficient (Wildman–Crippen LogP) is 2.46. The van der Waals surface area contributed by atoms with Gasteiger partial charge in [0.25, 0.3) is 0 Å². The molecule has 0 radical (unpaired) electrons. The summed E-state index contributed by atoms with van der Waals surface area (Å²) in [4.78, 5) is 0. The van der Waals surface area contributed by atoms with E-state index >= 15 is 0 Å². The van der Waals surface area contributed by atoms with Crippen LogP contribution >= 0.6 is 0 Å². The summed E-state index contributed by atoms with van der Waals surface area (Å²) in [6.07, 6.45) is 1.20. The van der Waals surface area contributed by atoms with Crippen molar-refractivity contribution in [1.29, 1.82) is 0 Å². The van der Waals surface area contributed by atoms with Gasteiger partial charge in [0, 0.05) is 0 Å². The monoisotopic (exact) mass is 193 g/mol. The first-order valence-electron chi connectivity index (χ1n) is 5.13. The molecule has 1 nitrogen and oxygen atoms in total. The number of rotatable bonds is 3. The molecule has 1 aliphatic rings. The molecule has 1 aromatic rings. The van der Waals surface area contributed by atoms with Crippen molar-refractivity contribution >= 4 is 0 Å². The SMILES string of the molecule is CNC[C@H]1C[C@@H]1c1cccc(F)c1C. The summed E-state index contributed by atoms with van der Waals surface area (Å²) in [6.45, 7) is 2.92. The molecule has 0 aromatic heterocycles. The first kappa shape index (κ1) is 9.66. The molecule has 2 heteroatoms. The summed E-state index contributed by atoms with van der Waals surface area (Å²) in [6, 6.07) is 5.40. The minimum Gasteiger partial charge on any atom is -0.319 e. The molecule has 0 heterocycles. The maximum absolute atomic E-state index is 13.3. The molecule has 76 valence electrons. The van der Waals surface area contributed by atoms with Gasteiger partial charge < -0.3 is 5.32 Å². The molecule has 1 aliphatic carbocycles. The van der Waals surface area contributed by atoms with E-state index in [0.29, 0.717) is 11.8 Å². The van der Waals surface area contributed by atoms with Crippen LogP contribution in [-0.4, -0.2) is 13.6 Å². The van der Waals surface area contributed by atoms with Crippen LogP contribution in [-0.2, 0) is 0 Å². The van der Waals surface area contributed by atoms with Crippen LogP contribution in [0.1, 0.15) is 23.5 Å². The lowest BCUT2D eigenvalue weighted by molar-refractivity contribution is 0.613. The molecule has 1 saturated carbocycles. The predicted molar refractivity (Wildman–Crippen MR) is 55.9 cm³/mol. The Morgan fingerprint density at radius 2 is 2.29 bits per heavy atom. The Hall–Kier alpha value is -0.890. The third kappa shape index (κ3) is 1.67. The van der Waals surface area contributed by atoms with Gasteiger partial charge in [-0.05, 0) is 56.0 Å². The maximum Gasteiger partial charge on any atom is 0.126 e. The van der Waals surface area contributed by atoms with Crippen molar-refractivity contribution in [2.75, 3.05) is 13.6 Å². The molecule has 2 rings (SSSR count). The molecule has 0 saturated heterocycles. The van der Waals surface area contributed by atoms with Crippen molar-refractivity contribution in [2.45, 2.75) is 19.3 Å². The summed E-state index contributed by atoms with van der Waals surface area (Å²) in [5, 5.41) is 3.17. The maximum atomic E-state index is 13.3. The van der Waals surface area contributed by atoms with E-state index in [1.165, 1.54) is 18.1 Å². The summed E-state index contributed by atoms with van der Waals surface area (Å²) in [5.74, 6) is 1.22. The molecular weight excluding hydrogens is 177 g/mol. The van der Waals surface area contributed by atoms with Gasteiger partial charge in [0.1, 0.15) is 5.82 Å². The summed E-state index contributed by atoms with van der Waals surface area (Å²) in [7, 11) is 1.97. The van der Waals surface area contributed by atoms with Gasteiger partial charge in [0.2, 0.25) is 0 Å². The van der Waals surface area contributed by atoms with Crippen LogP contribution in [0.4, 0.5) is 4.39 Å². The van der Waals surface area contributed by atoms with Gasteiger partial charge in [0.15, 0.2) is 0 Å². The van der Waals surface area contributed by atoms with Gasteiger partial charge in [-0.3, -0.25) is 0 Å². The fourth-order valence-electron chi connectivity index (χ4n) is 2.14. The molecule has 1 aromatic carbocycles. The zero-order valence-corrected chi connectivity index (χ0v) is 8.68. The standard InChI is InChI=1S/C12H16FN/c1-8-10(4-3-5-12(8)13)11-6-9(11)7-14-2/h3-5,9,11,14H,6-7H2,1-2H3/t9-,11+/m1/s1. The summed E-state index contributed by atoms with van der Waals surface area (Å²) >= 11 is 0. The van der Waals surface area contributed by atoms with Gasteiger partial charge in [-0.1, -0.05) is 12.1 Å². The Bertz CT molecular complexity index is 335. The molecule has 0 unspecified atom stereocenters. The number of halogens is 1. The lowest BCUT2D eigenvalue weighted by atomic mass is 10.0. The van der Waals surface area contributed by atoms with Crippen LogP contribution in [0.3, 0.4) is 0 Å². The zero-order valence-electron chi connectivity index (χ0n) is 8.68. The first-order chi connectivity index (χ1) is 6.74. The van der Waals surface area contributed by atoms with Crippen LogP contribution in [0.5, 0.6) is 0 Å². The summed E-state index contributed by atoms with van der Waals surface area (Å²) in [5.41, 5.74) is 2.03. The molecule has 0 amide bonds. The topological polar surface area (TPSA) is 12.0 Å². The highest BCUT2D eigenvalue weighted by Gasteiger charge is 2.38. The van der Waals surface area contributed by atoms with Gasteiger partial charge in [-0.2, -0.15) is 0 Å². The van der Waals surface area contributed by atoms with Crippen LogP contribution in [0.2, 0.25) is 0 Å². The van der Waals surface area contributed by atoms with E-state index in [0.717, 1.165) is 12.1 Å². The number of hydrogen-bond acceptors (Lipinski definition) is 1. The van der Waals surface area contributed by atoms with E-state index in [-0.39, 0.29) is 5.82 Å². The normalized spacial score (nSPS) is 25.1. The van der Waals surface area contributed by atoms with E-state index in [1.54, 1.807) is 0 Å². The van der Waals surface area contributed by atoms with Crippen molar-refractivity contribution in [2.24, 2.45) is 5.92 Å². The second-order valence-electron chi connectivity index (χ2n) is 4.11. The molecule has 1 fully saturated rings. The third-order valence-electron chi connectivity index (χ3n) is 3.10. The van der Waals surface area contributed by atoms with Crippen molar-refractivity contribution in [1.82, 2.24) is 5.32 Å². The largest absolute Gasteiger partial charge is 0.319 e. The van der Waals surface area contributed by atoms with Crippen molar-refractivity contribution in [3.63, 3.8) is 0 Å². The molecule has 14 heavy (non-hydrogen) atoms. The summed E-state index contributed by atoms with van der Waals surface area (Å²) < 4.78 is 13.3. The molecule has 0 aliphatic heterocycles. The van der Waals surface area contributed by atoms with E-state index in [1.807, 2.05) is 20.0 Å². The smallest absolute Gasteiger partial charge is 0.126 e. The number of benzene rings is 1. The Morgan fingerprint density at radius 3 is 3.00 bits per heavy atom. The molecular formula is C12H16FN. The molecule has 2 atom stereocenters. The van der Waals surface area contributed by atoms with E-state index in [2.05, 4.69) is 11.4 Å². The number of hydrogen-bond donors (Lipinski definition) is 1. The number of nitrogens with one attached hydrogen (secondary N) is 1.